The molecule has 0 aliphatic carbocycles. The number of fused-ring (bicyclic) bond motifs is 1. The van der Waals surface area contributed by atoms with Crippen LogP contribution in [0.3, 0.4) is 0 Å². The molecule has 0 saturated heterocycles. The summed E-state index contributed by atoms with van der Waals surface area (Å²) in [6, 6.07) is 3.93. The van der Waals surface area contributed by atoms with Gasteiger partial charge in [0.15, 0.2) is 0 Å². The van der Waals surface area contributed by atoms with E-state index < -0.39 is 0 Å². The van der Waals surface area contributed by atoms with Gasteiger partial charge in [-0.25, -0.2) is 9.98 Å². The highest BCUT2D eigenvalue weighted by atomic mass is 16.3. The molecule has 2 aromatic rings. The van der Waals surface area contributed by atoms with E-state index in [1.165, 1.54) is 0 Å². The Morgan fingerprint density at radius 2 is 2.37 bits per heavy atom. The predicted molar refractivity (Wildman–Crippen MR) is 74.6 cm³/mol. The lowest BCUT2D eigenvalue weighted by molar-refractivity contribution is 0.287. The van der Waals surface area contributed by atoms with E-state index in [2.05, 4.69) is 25.6 Å². The van der Waals surface area contributed by atoms with Gasteiger partial charge in [-0.05, 0) is 18.2 Å². The van der Waals surface area contributed by atoms with Crippen LogP contribution in [-0.4, -0.2) is 40.7 Å². The number of nitrogens with zero attached hydrogens (tertiary/aromatic N) is 2. The average Bonchev–Trinajstić information content (AvgIpc) is 2.89. The van der Waals surface area contributed by atoms with Gasteiger partial charge in [0.25, 0.3) is 0 Å². The minimum absolute atomic E-state index is 0.0266. The number of nitrogens with one attached hydrogen (secondary N) is 3. The number of pyridine rings is 1. The van der Waals surface area contributed by atoms with E-state index in [0.29, 0.717) is 6.54 Å². The fourth-order valence-corrected chi connectivity index (χ4v) is 2.10. The van der Waals surface area contributed by atoms with E-state index in [4.69, 9.17) is 5.11 Å². The molecule has 0 aromatic carbocycles. The molecule has 6 nitrogen and oxygen atoms in total. The lowest BCUT2D eigenvalue weighted by Gasteiger charge is -2.19. The van der Waals surface area contributed by atoms with E-state index in [9.17, 15) is 0 Å². The van der Waals surface area contributed by atoms with Gasteiger partial charge in [0.2, 0.25) is 0 Å². The Labute approximate surface area is 110 Å². The molecule has 1 atom stereocenters. The number of aliphatic hydroxyl groups excluding tert-OH is 1. The average molecular weight is 257 g/mol. The van der Waals surface area contributed by atoms with Crippen LogP contribution < -0.4 is 10.6 Å². The Hall–Kier alpha value is -2.18. The van der Waals surface area contributed by atoms with Crippen LogP contribution in [0, 0.1) is 0 Å². The molecule has 0 saturated carbocycles. The summed E-state index contributed by atoms with van der Waals surface area (Å²) in [5, 5.41) is 16.1. The van der Waals surface area contributed by atoms with Crippen molar-refractivity contribution in [3.63, 3.8) is 0 Å². The second kappa shape index (κ2) is 5.21. The van der Waals surface area contributed by atoms with Crippen molar-refractivity contribution in [2.45, 2.75) is 6.17 Å². The van der Waals surface area contributed by atoms with Crippen molar-refractivity contribution in [2.24, 2.45) is 4.99 Å². The van der Waals surface area contributed by atoms with Gasteiger partial charge in [0.05, 0.1) is 24.8 Å². The van der Waals surface area contributed by atoms with Crippen LogP contribution in [0.2, 0.25) is 0 Å². The molecule has 19 heavy (non-hydrogen) atoms. The van der Waals surface area contributed by atoms with E-state index in [1.54, 1.807) is 12.5 Å². The number of hydrogen-bond donors (Lipinski definition) is 4. The van der Waals surface area contributed by atoms with Gasteiger partial charge in [-0.1, -0.05) is 0 Å². The standard InChI is InChI=1S/C13H15N5O/c19-5-4-14-12-6-11(17-8-18-12)10-7-16-13-9(10)2-1-3-15-13/h1-3,6-8,12,14,19H,4-5H2,(H,15,16)(H,17,18). The zero-order valence-corrected chi connectivity index (χ0v) is 10.3. The molecule has 1 aliphatic rings. The molecule has 4 N–H and O–H groups in total. The minimum atomic E-state index is -0.0266. The first-order valence-electron chi connectivity index (χ1n) is 6.15. The molecule has 6 heteroatoms. The van der Waals surface area contributed by atoms with Crippen LogP contribution >= 0.6 is 0 Å². The monoisotopic (exact) mass is 257 g/mol. The van der Waals surface area contributed by atoms with E-state index in [-0.39, 0.29) is 12.8 Å². The third kappa shape index (κ3) is 2.35. The molecule has 1 aliphatic heterocycles. The summed E-state index contributed by atoms with van der Waals surface area (Å²) >= 11 is 0. The van der Waals surface area contributed by atoms with Crippen molar-refractivity contribution in [1.29, 1.82) is 0 Å². The zero-order valence-electron chi connectivity index (χ0n) is 10.3. The van der Waals surface area contributed by atoms with Gasteiger partial charge in [0, 0.05) is 29.9 Å². The molecular formula is C13H15N5O. The first-order valence-corrected chi connectivity index (χ1v) is 6.15. The number of H-pyrrole nitrogens is 1. The molecule has 1 unspecified atom stereocenters. The molecular weight excluding hydrogens is 242 g/mol. The van der Waals surface area contributed by atoms with Crippen molar-refractivity contribution >= 4 is 23.1 Å². The summed E-state index contributed by atoms with van der Waals surface area (Å²) in [5.74, 6) is 0. The lowest BCUT2D eigenvalue weighted by atomic mass is 10.1. The zero-order chi connectivity index (χ0) is 13.1. The van der Waals surface area contributed by atoms with Crippen LogP contribution in [0.15, 0.2) is 35.6 Å². The highest BCUT2D eigenvalue weighted by Crippen LogP contribution is 2.25. The predicted octanol–water partition coefficient (Wildman–Crippen LogP) is 0.443. The summed E-state index contributed by atoms with van der Waals surface area (Å²) in [6.45, 7) is 0.639. The quantitative estimate of drug-likeness (QED) is 0.640. The van der Waals surface area contributed by atoms with Gasteiger partial charge in [-0.2, -0.15) is 0 Å². The van der Waals surface area contributed by atoms with Gasteiger partial charge >= 0.3 is 0 Å². The molecule has 3 rings (SSSR count). The highest BCUT2D eigenvalue weighted by molar-refractivity contribution is 5.92. The first-order chi connectivity index (χ1) is 9.38. The molecule has 0 spiro atoms. The van der Waals surface area contributed by atoms with Crippen molar-refractivity contribution in [1.82, 2.24) is 20.6 Å². The fourth-order valence-electron chi connectivity index (χ4n) is 2.10. The topological polar surface area (TPSA) is 85.3 Å². The van der Waals surface area contributed by atoms with Crippen molar-refractivity contribution in [3.05, 3.63) is 36.2 Å². The van der Waals surface area contributed by atoms with Crippen LogP contribution in [0.25, 0.3) is 16.7 Å². The van der Waals surface area contributed by atoms with Crippen LogP contribution in [0.5, 0.6) is 0 Å². The van der Waals surface area contributed by atoms with Gasteiger partial charge in [-0.15, -0.1) is 0 Å². The second-order valence-electron chi connectivity index (χ2n) is 4.23. The van der Waals surface area contributed by atoms with Crippen LogP contribution in [0.1, 0.15) is 5.56 Å². The first kappa shape index (κ1) is 11.9. The molecule has 0 fully saturated rings. The minimum Gasteiger partial charge on any atom is -0.395 e. The van der Waals surface area contributed by atoms with Crippen molar-refractivity contribution in [2.75, 3.05) is 13.2 Å². The van der Waals surface area contributed by atoms with Gasteiger partial charge < -0.3 is 15.4 Å². The SMILES string of the molecule is OCCNC1C=C(c2c[nH]c3ncccc23)N=CN1. The van der Waals surface area contributed by atoms with Gasteiger partial charge in [-0.3, -0.25) is 5.32 Å². The molecule has 98 valence electrons. The Kier molecular flexibility index (Phi) is 3.26. The summed E-state index contributed by atoms with van der Waals surface area (Å²) < 4.78 is 0. The van der Waals surface area contributed by atoms with E-state index >= 15 is 0 Å². The number of aromatic amines is 1. The third-order valence-corrected chi connectivity index (χ3v) is 2.99. The Balaban J connectivity index is 1.92. The van der Waals surface area contributed by atoms with E-state index in [1.807, 2.05) is 24.4 Å². The maximum absolute atomic E-state index is 8.83. The molecule has 0 bridgehead atoms. The number of aliphatic hydroxyl groups is 1. The maximum Gasteiger partial charge on any atom is 0.137 e. The largest absolute Gasteiger partial charge is 0.395 e. The van der Waals surface area contributed by atoms with Gasteiger partial charge in [0.1, 0.15) is 5.65 Å². The number of aromatic nitrogens is 2. The molecule has 0 radical (unpaired) electrons. The summed E-state index contributed by atoms with van der Waals surface area (Å²) in [5.41, 5.74) is 2.76. The van der Waals surface area contributed by atoms with Crippen LogP contribution in [0.4, 0.5) is 0 Å². The third-order valence-electron chi connectivity index (χ3n) is 2.99. The number of hydrogen-bond acceptors (Lipinski definition) is 5. The van der Waals surface area contributed by atoms with E-state index in [0.717, 1.165) is 22.3 Å². The maximum atomic E-state index is 8.83. The molecule has 0 amide bonds. The van der Waals surface area contributed by atoms with Crippen molar-refractivity contribution in [3.8, 4) is 0 Å². The summed E-state index contributed by atoms with van der Waals surface area (Å²) in [6.07, 6.45) is 7.30. The number of aliphatic imine (C=N–C) groups is 1. The highest BCUT2D eigenvalue weighted by Gasteiger charge is 2.13. The number of rotatable bonds is 4. The second-order valence-corrected chi connectivity index (χ2v) is 4.23. The molecule has 2 aromatic heterocycles. The fraction of sp³-hybridized carbons (Fsp3) is 0.231. The summed E-state index contributed by atoms with van der Waals surface area (Å²) in [4.78, 5) is 11.8. The normalized spacial score (nSPS) is 18.4. The Morgan fingerprint density at radius 3 is 3.26 bits per heavy atom. The Morgan fingerprint density at radius 1 is 1.42 bits per heavy atom. The summed E-state index contributed by atoms with van der Waals surface area (Å²) in [7, 11) is 0. The molecule has 3 heterocycles. The smallest absolute Gasteiger partial charge is 0.137 e. The lowest BCUT2D eigenvalue weighted by Crippen LogP contribution is -2.42. The van der Waals surface area contributed by atoms with Crippen molar-refractivity contribution < 1.29 is 5.11 Å². The Bertz CT molecular complexity index is 631. The van der Waals surface area contributed by atoms with Crippen LogP contribution in [-0.2, 0) is 0 Å².